The van der Waals surface area contributed by atoms with Crippen molar-refractivity contribution in [1.29, 1.82) is 5.26 Å². The molecule has 0 aliphatic heterocycles. The van der Waals surface area contributed by atoms with Crippen LogP contribution in [0.2, 0.25) is 0 Å². The number of hydrogen-bond acceptors (Lipinski definition) is 4. The molecule has 0 atom stereocenters. The Morgan fingerprint density at radius 3 is 2.43 bits per heavy atom. The predicted octanol–water partition coefficient (Wildman–Crippen LogP) is 2.52. The van der Waals surface area contributed by atoms with Crippen LogP contribution in [0, 0.1) is 11.3 Å². The van der Waals surface area contributed by atoms with Crippen LogP contribution in [0.15, 0.2) is 59.4 Å². The van der Waals surface area contributed by atoms with E-state index in [1.54, 1.807) is 30.3 Å². The summed E-state index contributed by atoms with van der Waals surface area (Å²) in [5.41, 5.74) is 0.622. The van der Waals surface area contributed by atoms with Gasteiger partial charge in [0.1, 0.15) is 0 Å². The molecule has 4 nitrogen and oxygen atoms in total. The topological polar surface area (TPSA) is 78.2 Å². The minimum absolute atomic E-state index is 0.0464. The summed E-state index contributed by atoms with van der Waals surface area (Å²) in [5, 5.41) is 18.4. The SMILES string of the molecule is N#Cc1ccc(/C=C/C(=O)c2ccccc(=O)c2O)cc1. The van der Waals surface area contributed by atoms with Crippen molar-refractivity contribution in [3.05, 3.63) is 81.5 Å². The zero-order valence-corrected chi connectivity index (χ0v) is 11.0. The minimum Gasteiger partial charge on any atom is -0.504 e. The molecule has 0 amide bonds. The second-order valence-corrected chi connectivity index (χ2v) is 4.28. The fraction of sp³-hybridized carbons (Fsp3) is 0. The van der Waals surface area contributed by atoms with Crippen molar-refractivity contribution in [2.75, 3.05) is 0 Å². The summed E-state index contributed by atoms with van der Waals surface area (Å²) < 4.78 is 0. The van der Waals surface area contributed by atoms with Crippen molar-refractivity contribution in [2.24, 2.45) is 0 Å². The van der Waals surface area contributed by atoms with E-state index in [0.717, 1.165) is 5.56 Å². The molecule has 2 rings (SSSR count). The van der Waals surface area contributed by atoms with Crippen molar-refractivity contribution < 1.29 is 9.90 Å². The van der Waals surface area contributed by atoms with Crippen LogP contribution in [0.1, 0.15) is 21.5 Å². The second kappa shape index (κ2) is 6.31. The summed E-state index contributed by atoms with van der Waals surface area (Å²) in [5.74, 6) is -1.03. The van der Waals surface area contributed by atoms with Gasteiger partial charge in [-0.15, -0.1) is 0 Å². The Morgan fingerprint density at radius 2 is 1.76 bits per heavy atom. The van der Waals surface area contributed by atoms with Crippen molar-refractivity contribution in [3.8, 4) is 11.8 Å². The van der Waals surface area contributed by atoms with Crippen molar-refractivity contribution in [2.45, 2.75) is 0 Å². The molecule has 0 aliphatic carbocycles. The largest absolute Gasteiger partial charge is 0.504 e. The molecule has 0 saturated heterocycles. The van der Waals surface area contributed by atoms with Gasteiger partial charge in [0.25, 0.3) is 0 Å². The summed E-state index contributed by atoms with van der Waals surface area (Å²) in [6.07, 6.45) is 2.83. The van der Waals surface area contributed by atoms with E-state index < -0.39 is 17.0 Å². The molecule has 0 bridgehead atoms. The molecular formula is C17H11NO3. The minimum atomic E-state index is -0.602. The van der Waals surface area contributed by atoms with E-state index in [2.05, 4.69) is 0 Å². The molecule has 2 aromatic rings. The highest BCUT2D eigenvalue weighted by Gasteiger charge is 2.09. The van der Waals surface area contributed by atoms with Crippen LogP contribution in [0.3, 0.4) is 0 Å². The normalized spacial score (nSPS) is 10.2. The molecule has 0 aliphatic rings. The van der Waals surface area contributed by atoms with E-state index in [4.69, 9.17) is 5.26 Å². The smallest absolute Gasteiger partial charge is 0.220 e. The van der Waals surface area contributed by atoms with E-state index in [-0.39, 0.29) is 5.56 Å². The zero-order chi connectivity index (χ0) is 15.2. The first-order chi connectivity index (χ1) is 10.1. The van der Waals surface area contributed by atoms with Crippen LogP contribution in [-0.4, -0.2) is 10.9 Å². The lowest BCUT2D eigenvalue weighted by molar-refractivity contribution is 0.104. The standard InChI is InChI=1S/C17H11NO3/c18-11-13-7-5-12(6-8-13)9-10-15(19)14-3-1-2-4-16(20)17(14)21/h1-10H,(H,20,21)/b10-9+. The Bertz CT molecular complexity index is 799. The number of carbonyl (C=O) groups is 1. The number of nitrogens with zero attached hydrogens (tertiary/aromatic N) is 1. The Hall–Kier alpha value is -3.19. The molecule has 0 heterocycles. The van der Waals surface area contributed by atoms with E-state index in [9.17, 15) is 14.7 Å². The molecule has 0 unspecified atom stereocenters. The molecule has 4 heteroatoms. The van der Waals surface area contributed by atoms with E-state index in [0.29, 0.717) is 5.56 Å². The molecule has 0 aromatic heterocycles. The van der Waals surface area contributed by atoms with Crippen LogP contribution in [0.25, 0.3) is 6.08 Å². The van der Waals surface area contributed by atoms with Crippen LogP contribution >= 0.6 is 0 Å². The van der Waals surface area contributed by atoms with Crippen molar-refractivity contribution >= 4 is 11.9 Å². The van der Waals surface area contributed by atoms with Crippen LogP contribution < -0.4 is 5.43 Å². The van der Waals surface area contributed by atoms with Crippen LogP contribution in [0.5, 0.6) is 5.75 Å². The Labute approximate surface area is 121 Å². The Kier molecular flexibility index (Phi) is 4.27. The summed E-state index contributed by atoms with van der Waals surface area (Å²) in [6, 6.07) is 14.2. The number of nitriles is 1. The monoisotopic (exact) mass is 277 g/mol. The Balaban J connectivity index is 2.28. The molecule has 1 N–H and O–H groups in total. The lowest BCUT2D eigenvalue weighted by Crippen LogP contribution is -2.01. The second-order valence-electron chi connectivity index (χ2n) is 4.28. The highest BCUT2D eigenvalue weighted by atomic mass is 16.3. The maximum absolute atomic E-state index is 12.0. The number of allylic oxidation sites excluding steroid dienone is 1. The van der Waals surface area contributed by atoms with Gasteiger partial charge in [-0.3, -0.25) is 9.59 Å². The molecule has 2 aromatic carbocycles. The third-order valence-corrected chi connectivity index (χ3v) is 2.84. The first-order valence-corrected chi connectivity index (χ1v) is 6.16. The first-order valence-electron chi connectivity index (χ1n) is 6.16. The molecule has 0 saturated carbocycles. The maximum Gasteiger partial charge on any atom is 0.220 e. The van der Waals surface area contributed by atoms with Crippen molar-refractivity contribution in [3.63, 3.8) is 0 Å². The average molecular weight is 277 g/mol. The van der Waals surface area contributed by atoms with E-state index >= 15 is 0 Å². The molecule has 21 heavy (non-hydrogen) atoms. The van der Waals surface area contributed by atoms with Gasteiger partial charge in [-0.05, 0) is 35.9 Å². The van der Waals surface area contributed by atoms with Gasteiger partial charge >= 0.3 is 0 Å². The van der Waals surface area contributed by atoms with E-state index in [1.807, 2.05) is 6.07 Å². The summed E-state index contributed by atoms with van der Waals surface area (Å²) in [4.78, 5) is 23.4. The van der Waals surface area contributed by atoms with Gasteiger partial charge in [-0.25, -0.2) is 0 Å². The van der Waals surface area contributed by atoms with Gasteiger partial charge < -0.3 is 5.11 Å². The summed E-state index contributed by atoms with van der Waals surface area (Å²) in [6.45, 7) is 0. The zero-order valence-electron chi connectivity index (χ0n) is 11.0. The number of ketones is 1. The lowest BCUT2D eigenvalue weighted by atomic mass is 10.1. The van der Waals surface area contributed by atoms with Crippen molar-refractivity contribution in [1.82, 2.24) is 0 Å². The number of rotatable bonds is 3. The summed E-state index contributed by atoms with van der Waals surface area (Å²) >= 11 is 0. The summed E-state index contributed by atoms with van der Waals surface area (Å²) in [7, 11) is 0. The van der Waals surface area contributed by atoms with E-state index in [1.165, 1.54) is 30.3 Å². The lowest BCUT2D eigenvalue weighted by Gasteiger charge is -1.96. The molecule has 102 valence electrons. The third-order valence-electron chi connectivity index (χ3n) is 2.84. The van der Waals surface area contributed by atoms with Gasteiger partial charge in [0.2, 0.25) is 5.43 Å². The third kappa shape index (κ3) is 3.43. The van der Waals surface area contributed by atoms with Gasteiger partial charge in [-0.2, -0.15) is 5.26 Å². The van der Waals surface area contributed by atoms with Gasteiger partial charge in [0.05, 0.1) is 17.2 Å². The number of aromatic hydroxyl groups is 1. The quantitative estimate of drug-likeness (QED) is 0.690. The van der Waals surface area contributed by atoms with Gasteiger partial charge in [0, 0.05) is 0 Å². The number of benzene rings is 1. The molecule has 0 spiro atoms. The fourth-order valence-corrected chi connectivity index (χ4v) is 1.71. The van der Waals surface area contributed by atoms with Crippen LogP contribution in [-0.2, 0) is 0 Å². The average Bonchev–Trinajstić information content (AvgIpc) is 2.68. The number of carbonyl (C=O) groups excluding carboxylic acids is 1. The first kappa shape index (κ1) is 14.2. The number of hydrogen-bond donors (Lipinski definition) is 1. The molecule has 0 fully saturated rings. The Morgan fingerprint density at radius 1 is 1.10 bits per heavy atom. The fourth-order valence-electron chi connectivity index (χ4n) is 1.71. The maximum atomic E-state index is 12.0. The van der Waals surface area contributed by atoms with Gasteiger partial charge in [0.15, 0.2) is 11.5 Å². The highest BCUT2D eigenvalue weighted by Crippen LogP contribution is 2.12. The molecule has 0 radical (unpaired) electrons. The van der Waals surface area contributed by atoms with Crippen LogP contribution in [0.4, 0.5) is 0 Å². The highest BCUT2D eigenvalue weighted by molar-refractivity contribution is 6.08. The van der Waals surface area contributed by atoms with Gasteiger partial charge in [-0.1, -0.05) is 30.3 Å². The molecular weight excluding hydrogens is 266 g/mol. The predicted molar refractivity (Wildman–Crippen MR) is 78.9 cm³/mol.